The van der Waals surface area contributed by atoms with E-state index in [1.54, 1.807) is 0 Å². The Bertz CT molecular complexity index is 1440. The van der Waals surface area contributed by atoms with Gasteiger partial charge in [-0.3, -0.25) is 9.36 Å². The van der Waals surface area contributed by atoms with Gasteiger partial charge in [0.25, 0.3) is 0 Å². The summed E-state index contributed by atoms with van der Waals surface area (Å²) in [6, 6.07) is 16.7. The van der Waals surface area contributed by atoms with E-state index < -0.39 is 5.97 Å². The normalized spacial score (nSPS) is 12.9. The number of aromatic carboxylic acids is 1. The van der Waals surface area contributed by atoms with Crippen molar-refractivity contribution in [3.05, 3.63) is 75.5 Å². The van der Waals surface area contributed by atoms with E-state index in [9.17, 15) is 9.59 Å². The van der Waals surface area contributed by atoms with E-state index in [0.29, 0.717) is 21.5 Å². The van der Waals surface area contributed by atoms with Crippen molar-refractivity contribution in [3.8, 4) is 5.69 Å². The fraction of sp³-hybridized carbons (Fsp3) is 0.167. The number of aromatic nitrogens is 3. The van der Waals surface area contributed by atoms with Crippen LogP contribution in [0, 0.1) is 0 Å². The second-order valence-electron chi connectivity index (χ2n) is 7.92. The van der Waals surface area contributed by atoms with Crippen LogP contribution in [0.15, 0.2) is 64.5 Å². The van der Waals surface area contributed by atoms with Gasteiger partial charge in [0.15, 0.2) is 5.16 Å². The molecule has 11 heteroatoms. The SMILES string of the molecule is O=C(CSc1nnc(Br)n1-c1ccc(C2CC2)c2ccccc12)Nc1ccc(C(=O)O)cc1Cl.[K]. The van der Waals surface area contributed by atoms with E-state index in [4.69, 9.17) is 16.7 Å². The molecule has 4 aromatic rings. The Morgan fingerprint density at radius 2 is 1.86 bits per heavy atom. The summed E-state index contributed by atoms with van der Waals surface area (Å²) in [4.78, 5) is 23.6. The van der Waals surface area contributed by atoms with Crippen molar-refractivity contribution in [2.75, 3.05) is 11.1 Å². The molecule has 3 aromatic carbocycles. The number of hydrogen-bond acceptors (Lipinski definition) is 5. The summed E-state index contributed by atoms with van der Waals surface area (Å²) in [6.45, 7) is 0. The zero-order chi connectivity index (χ0) is 23.8. The number of carbonyl (C=O) groups is 2. The molecule has 2 N–H and O–H groups in total. The van der Waals surface area contributed by atoms with Crippen molar-refractivity contribution < 1.29 is 14.7 Å². The Labute approximate surface area is 261 Å². The maximum atomic E-state index is 12.6. The average Bonchev–Trinajstić information content (AvgIpc) is 3.61. The van der Waals surface area contributed by atoms with Gasteiger partial charge in [0.2, 0.25) is 10.6 Å². The van der Waals surface area contributed by atoms with Crippen molar-refractivity contribution in [2.24, 2.45) is 0 Å². The molecule has 1 aliphatic carbocycles. The van der Waals surface area contributed by atoms with Crippen LogP contribution >= 0.6 is 39.3 Å². The van der Waals surface area contributed by atoms with Crippen LogP contribution in [0.2, 0.25) is 5.02 Å². The predicted molar refractivity (Wildman–Crippen MR) is 142 cm³/mol. The molecule has 0 unspecified atom stereocenters. The molecule has 173 valence electrons. The van der Waals surface area contributed by atoms with Crippen LogP contribution in [-0.2, 0) is 4.79 Å². The first-order chi connectivity index (χ1) is 16.4. The molecule has 1 aliphatic rings. The number of carbonyl (C=O) groups excluding carboxylic acids is 1. The number of hydrogen-bond donors (Lipinski definition) is 2. The molecule has 1 fully saturated rings. The number of amides is 1. The second-order valence-corrected chi connectivity index (χ2v) is 9.98. The topological polar surface area (TPSA) is 97.1 Å². The van der Waals surface area contributed by atoms with Gasteiger partial charge in [0.1, 0.15) is 0 Å². The fourth-order valence-corrected chi connectivity index (χ4v) is 5.39. The largest absolute Gasteiger partial charge is 0.478 e. The standard InChI is InChI=1S/C24H18BrClN4O3S.K/c25-23-28-29-24(34-12-21(31)27-19-9-7-14(22(32)33)11-18(19)26)30(23)20-10-8-15(13-5-6-13)16-3-1-2-4-17(16)20;/h1-4,7-11,13H,5-6,12H2,(H,27,31)(H,32,33);. The van der Waals surface area contributed by atoms with E-state index in [1.807, 2.05) is 16.7 Å². The Morgan fingerprint density at radius 3 is 2.54 bits per heavy atom. The molecule has 0 atom stereocenters. The van der Waals surface area contributed by atoms with Crippen molar-refractivity contribution in [1.29, 1.82) is 0 Å². The van der Waals surface area contributed by atoms with Crippen molar-refractivity contribution in [2.45, 2.75) is 23.9 Å². The van der Waals surface area contributed by atoms with Gasteiger partial charge in [-0.05, 0) is 69.9 Å². The van der Waals surface area contributed by atoms with E-state index >= 15 is 0 Å². The first kappa shape index (κ1) is 26.8. The van der Waals surface area contributed by atoms with Crippen LogP contribution < -0.4 is 5.32 Å². The average molecular weight is 597 g/mol. The van der Waals surface area contributed by atoms with E-state index in [-0.39, 0.29) is 73.6 Å². The quantitative estimate of drug-likeness (QED) is 0.208. The number of carboxylic acid groups (broad SMARTS) is 1. The minimum Gasteiger partial charge on any atom is -0.478 e. The van der Waals surface area contributed by atoms with Crippen LogP contribution in [0.5, 0.6) is 0 Å². The van der Waals surface area contributed by atoms with Gasteiger partial charge in [-0.25, -0.2) is 4.79 Å². The second kappa shape index (κ2) is 11.4. The van der Waals surface area contributed by atoms with Gasteiger partial charge < -0.3 is 10.4 Å². The van der Waals surface area contributed by atoms with E-state index in [2.05, 4.69) is 55.7 Å². The Hall–Kier alpha value is -1.24. The molecule has 1 saturated carbocycles. The van der Waals surface area contributed by atoms with Crippen molar-refractivity contribution in [1.82, 2.24) is 14.8 Å². The zero-order valence-corrected chi connectivity index (χ0v) is 24.9. The molecule has 1 heterocycles. The van der Waals surface area contributed by atoms with Gasteiger partial charge in [-0.1, -0.05) is 53.7 Å². The third-order valence-corrected chi connectivity index (χ3v) is 7.36. The molecule has 1 radical (unpaired) electrons. The minimum absolute atomic E-state index is 0. The fourth-order valence-electron chi connectivity index (χ4n) is 3.87. The van der Waals surface area contributed by atoms with Crippen LogP contribution in [0.25, 0.3) is 16.5 Å². The van der Waals surface area contributed by atoms with Crippen molar-refractivity contribution >= 4 is 119 Å². The maximum Gasteiger partial charge on any atom is 0.335 e. The van der Waals surface area contributed by atoms with Gasteiger partial charge in [0, 0.05) is 56.8 Å². The number of carboxylic acids is 1. The van der Waals surface area contributed by atoms with Gasteiger partial charge >= 0.3 is 5.97 Å². The Kier molecular flexibility index (Phi) is 8.76. The van der Waals surface area contributed by atoms with Gasteiger partial charge in [-0.2, -0.15) is 0 Å². The molecular formula is C24H18BrClKN4O3S. The van der Waals surface area contributed by atoms with Crippen LogP contribution in [-0.4, -0.2) is 88.9 Å². The number of benzene rings is 3. The van der Waals surface area contributed by atoms with Gasteiger partial charge in [0.05, 0.1) is 27.7 Å². The summed E-state index contributed by atoms with van der Waals surface area (Å²) in [5.74, 6) is -0.690. The number of nitrogens with zero attached hydrogens (tertiary/aromatic N) is 3. The number of thioether (sulfide) groups is 1. The molecule has 7 nitrogen and oxygen atoms in total. The molecule has 0 bridgehead atoms. The van der Waals surface area contributed by atoms with E-state index in [1.165, 1.54) is 53.8 Å². The number of halogens is 2. The van der Waals surface area contributed by atoms with Crippen molar-refractivity contribution in [3.63, 3.8) is 0 Å². The first-order valence-electron chi connectivity index (χ1n) is 10.5. The molecule has 1 aromatic heterocycles. The van der Waals surface area contributed by atoms with Crippen LogP contribution in [0.4, 0.5) is 5.69 Å². The number of nitrogens with one attached hydrogen (secondary N) is 1. The number of fused-ring (bicyclic) bond motifs is 1. The maximum absolute atomic E-state index is 12.6. The first-order valence-corrected chi connectivity index (χ1v) is 12.7. The molecule has 0 saturated heterocycles. The van der Waals surface area contributed by atoms with Crippen LogP contribution in [0.1, 0.15) is 34.7 Å². The molecular weight excluding hydrogens is 579 g/mol. The number of rotatable bonds is 7. The third-order valence-electron chi connectivity index (χ3n) is 5.61. The predicted octanol–water partition coefficient (Wildman–Crippen LogP) is 5.76. The summed E-state index contributed by atoms with van der Waals surface area (Å²) in [5, 5.41) is 23.2. The Morgan fingerprint density at radius 1 is 1.11 bits per heavy atom. The molecule has 35 heavy (non-hydrogen) atoms. The Balaban J connectivity index is 0.00000289. The number of anilines is 1. The summed E-state index contributed by atoms with van der Waals surface area (Å²) in [6.07, 6.45) is 2.44. The minimum atomic E-state index is -1.09. The summed E-state index contributed by atoms with van der Waals surface area (Å²) < 4.78 is 2.44. The van der Waals surface area contributed by atoms with Gasteiger partial charge in [-0.15, -0.1) is 10.2 Å². The smallest absolute Gasteiger partial charge is 0.335 e. The third kappa shape index (κ3) is 5.85. The monoisotopic (exact) mass is 595 g/mol. The summed E-state index contributed by atoms with van der Waals surface area (Å²) in [7, 11) is 0. The molecule has 0 aliphatic heterocycles. The summed E-state index contributed by atoms with van der Waals surface area (Å²) >= 11 is 10.9. The summed E-state index contributed by atoms with van der Waals surface area (Å²) in [5.41, 5.74) is 2.70. The van der Waals surface area contributed by atoms with Crippen LogP contribution in [0.3, 0.4) is 0 Å². The molecule has 5 rings (SSSR count). The van der Waals surface area contributed by atoms with E-state index in [0.717, 1.165) is 11.1 Å². The molecule has 0 spiro atoms. The molecule has 1 amide bonds. The zero-order valence-electron chi connectivity index (χ0n) is 18.7.